The van der Waals surface area contributed by atoms with Crippen molar-refractivity contribution in [3.05, 3.63) is 66.5 Å². The first-order valence-corrected chi connectivity index (χ1v) is 5.64. The van der Waals surface area contributed by atoms with E-state index in [2.05, 4.69) is 17.1 Å². The Morgan fingerprint density at radius 1 is 1.06 bits per heavy atom. The van der Waals surface area contributed by atoms with Gasteiger partial charge < -0.3 is 0 Å². The SMILES string of the molecule is N#Cc1ccc(-c2cc[c]c3ccccc23)cn1. The summed E-state index contributed by atoms with van der Waals surface area (Å²) in [6, 6.07) is 20.9. The number of nitrogens with zero attached hydrogens (tertiary/aromatic N) is 2. The predicted molar refractivity (Wildman–Crippen MR) is 70.7 cm³/mol. The minimum Gasteiger partial charge on any atom is -0.245 e. The maximum atomic E-state index is 8.75. The van der Waals surface area contributed by atoms with E-state index in [0.717, 1.165) is 21.9 Å². The zero-order valence-electron chi connectivity index (χ0n) is 9.59. The molecular formula is C16H9N2. The van der Waals surface area contributed by atoms with Gasteiger partial charge in [0.1, 0.15) is 11.8 Å². The second kappa shape index (κ2) is 4.31. The summed E-state index contributed by atoms with van der Waals surface area (Å²) in [5.41, 5.74) is 2.56. The Bertz CT molecular complexity index is 732. The van der Waals surface area contributed by atoms with E-state index in [1.807, 2.05) is 42.5 Å². The van der Waals surface area contributed by atoms with Crippen LogP contribution in [0, 0.1) is 17.4 Å². The van der Waals surface area contributed by atoms with Gasteiger partial charge in [-0.25, -0.2) is 4.98 Å². The molecule has 3 aromatic rings. The first-order valence-electron chi connectivity index (χ1n) is 5.64. The molecule has 1 aromatic heterocycles. The van der Waals surface area contributed by atoms with E-state index in [9.17, 15) is 0 Å². The normalized spacial score (nSPS) is 10.2. The average Bonchev–Trinajstić information content (AvgIpc) is 2.47. The molecule has 1 radical (unpaired) electrons. The lowest BCUT2D eigenvalue weighted by atomic mass is 9.99. The van der Waals surface area contributed by atoms with Gasteiger partial charge in [-0.05, 0) is 34.5 Å². The highest BCUT2D eigenvalue weighted by Gasteiger charge is 2.03. The second-order valence-electron chi connectivity index (χ2n) is 3.98. The third kappa shape index (κ3) is 1.72. The molecule has 2 nitrogen and oxygen atoms in total. The highest BCUT2D eigenvalue weighted by Crippen LogP contribution is 2.27. The highest BCUT2D eigenvalue weighted by atomic mass is 14.7. The Hall–Kier alpha value is -2.66. The molecule has 0 aliphatic rings. The van der Waals surface area contributed by atoms with Crippen LogP contribution in [0.1, 0.15) is 5.69 Å². The molecule has 18 heavy (non-hydrogen) atoms. The van der Waals surface area contributed by atoms with Crippen LogP contribution in [0.5, 0.6) is 0 Å². The molecule has 0 bridgehead atoms. The first kappa shape index (κ1) is 10.5. The molecule has 0 saturated heterocycles. The maximum Gasteiger partial charge on any atom is 0.140 e. The predicted octanol–water partition coefficient (Wildman–Crippen LogP) is 3.57. The summed E-state index contributed by atoms with van der Waals surface area (Å²) in [5.74, 6) is 0. The van der Waals surface area contributed by atoms with Crippen molar-refractivity contribution in [1.82, 2.24) is 4.98 Å². The molecule has 2 heteroatoms. The van der Waals surface area contributed by atoms with Crippen molar-refractivity contribution in [3.8, 4) is 17.2 Å². The Morgan fingerprint density at radius 3 is 2.72 bits per heavy atom. The highest BCUT2D eigenvalue weighted by molar-refractivity contribution is 5.96. The molecule has 83 valence electrons. The smallest absolute Gasteiger partial charge is 0.140 e. The number of fused-ring (bicyclic) bond motifs is 1. The number of hydrogen-bond acceptors (Lipinski definition) is 2. The van der Waals surface area contributed by atoms with Crippen molar-refractivity contribution >= 4 is 10.8 Å². The van der Waals surface area contributed by atoms with E-state index < -0.39 is 0 Å². The fourth-order valence-corrected chi connectivity index (χ4v) is 2.02. The quantitative estimate of drug-likeness (QED) is 0.639. The van der Waals surface area contributed by atoms with Gasteiger partial charge in [0, 0.05) is 11.8 Å². The van der Waals surface area contributed by atoms with E-state index in [1.165, 1.54) is 0 Å². The molecule has 0 aliphatic heterocycles. The van der Waals surface area contributed by atoms with Crippen LogP contribution in [0.25, 0.3) is 21.9 Å². The van der Waals surface area contributed by atoms with Gasteiger partial charge in [0.15, 0.2) is 0 Å². The van der Waals surface area contributed by atoms with Crippen LogP contribution in [0.4, 0.5) is 0 Å². The van der Waals surface area contributed by atoms with Crippen molar-refractivity contribution in [2.45, 2.75) is 0 Å². The van der Waals surface area contributed by atoms with Crippen molar-refractivity contribution < 1.29 is 0 Å². The fourth-order valence-electron chi connectivity index (χ4n) is 2.02. The van der Waals surface area contributed by atoms with Crippen LogP contribution < -0.4 is 0 Å². The third-order valence-corrected chi connectivity index (χ3v) is 2.90. The van der Waals surface area contributed by atoms with Crippen LogP contribution in [0.2, 0.25) is 0 Å². The zero-order chi connectivity index (χ0) is 12.4. The van der Waals surface area contributed by atoms with Gasteiger partial charge in [-0.15, -0.1) is 0 Å². The summed E-state index contributed by atoms with van der Waals surface area (Å²) >= 11 is 0. The Kier molecular flexibility index (Phi) is 2.51. The number of pyridine rings is 1. The van der Waals surface area contributed by atoms with Gasteiger partial charge in [-0.3, -0.25) is 0 Å². The molecule has 0 atom stereocenters. The second-order valence-corrected chi connectivity index (χ2v) is 3.98. The average molecular weight is 229 g/mol. The third-order valence-electron chi connectivity index (χ3n) is 2.90. The molecule has 0 N–H and O–H groups in total. The summed E-state index contributed by atoms with van der Waals surface area (Å²) in [6.07, 6.45) is 1.74. The Labute approximate surface area is 105 Å². The summed E-state index contributed by atoms with van der Waals surface area (Å²) in [5, 5.41) is 11.0. The van der Waals surface area contributed by atoms with E-state index in [-0.39, 0.29) is 0 Å². The van der Waals surface area contributed by atoms with E-state index in [0.29, 0.717) is 5.69 Å². The van der Waals surface area contributed by atoms with Crippen molar-refractivity contribution in [1.29, 1.82) is 5.26 Å². The van der Waals surface area contributed by atoms with Gasteiger partial charge in [0.2, 0.25) is 0 Å². The number of aromatic nitrogens is 1. The minimum atomic E-state index is 0.436. The minimum absolute atomic E-state index is 0.436. The van der Waals surface area contributed by atoms with Gasteiger partial charge >= 0.3 is 0 Å². The maximum absolute atomic E-state index is 8.75. The number of rotatable bonds is 1. The summed E-state index contributed by atoms with van der Waals surface area (Å²) in [7, 11) is 0. The number of hydrogen-bond donors (Lipinski definition) is 0. The van der Waals surface area contributed by atoms with Crippen LogP contribution in [0.3, 0.4) is 0 Å². The molecule has 1 heterocycles. The lowest BCUT2D eigenvalue weighted by molar-refractivity contribution is 1.27. The van der Waals surface area contributed by atoms with Crippen LogP contribution in [0.15, 0.2) is 54.7 Å². The summed E-state index contributed by atoms with van der Waals surface area (Å²) in [4.78, 5) is 4.11. The lowest BCUT2D eigenvalue weighted by Crippen LogP contribution is -1.85. The molecule has 2 aromatic carbocycles. The van der Waals surface area contributed by atoms with Crippen LogP contribution >= 0.6 is 0 Å². The van der Waals surface area contributed by atoms with Crippen molar-refractivity contribution in [3.63, 3.8) is 0 Å². The number of benzene rings is 2. The Balaban J connectivity index is 2.22. The monoisotopic (exact) mass is 229 g/mol. The van der Waals surface area contributed by atoms with Gasteiger partial charge in [0.05, 0.1) is 0 Å². The van der Waals surface area contributed by atoms with E-state index >= 15 is 0 Å². The molecule has 0 unspecified atom stereocenters. The largest absolute Gasteiger partial charge is 0.245 e. The zero-order valence-corrected chi connectivity index (χ0v) is 9.59. The summed E-state index contributed by atoms with van der Waals surface area (Å²) < 4.78 is 0. The molecule has 0 amide bonds. The number of nitriles is 1. The molecule has 3 rings (SSSR count). The van der Waals surface area contributed by atoms with Gasteiger partial charge in [-0.1, -0.05) is 36.4 Å². The van der Waals surface area contributed by atoms with E-state index in [1.54, 1.807) is 12.3 Å². The lowest BCUT2D eigenvalue weighted by Gasteiger charge is -2.05. The summed E-state index contributed by atoms with van der Waals surface area (Å²) in [6.45, 7) is 0. The molecule has 0 fully saturated rings. The topological polar surface area (TPSA) is 36.7 Å². The van der Waals surface area contributed by atoms with Crippen LogP contribution in [-0.2, 0) is 0 Å². The Morgan fingerprint density at radius 2 is 1.94 bits per heavy atom. The first-order chi connectivity index (χ1) is 8.88. The van der Waals surface area contributed by atoms with Crippen molar-refractivity contribution in [2.75, 3.05) is 0 Å². The molecular weight excluding hydrogens is 220 g/mol. The molecule has 0 spiro atoms. The van der Waals surface area contributed by atoms with Crippen molar-refractivity contribution in [2.24, 2.45) is 0 Å². The molecule has 0 aliphatic carbocycles. The van der Waals surface area contributed by atoms with Gasteiger partial charge in [-0.2, -0.15) is 5.26 Å². The van der Waals surface area contributed by atoms with E-state index in [4.69, 9.17) is 5.26 Å². The van der Waals surface area contributed by atoms with Crippen LogP contribution in [-0.4, -0.2) is 4.98 Å². The molecule has 0 saturated carbocycles. The fraction of sp³-hybridized carbons (Fsp3) is 0. The van der Waals surface area contributed by atoms with Gasteiger partial charge in [0.25, 0.3) is 0 Å². The standard InChI is InChI=1S/C16H9N2/c17-10-14-9-8-13(11-18-14)16-7-3-5-12-4-1-2-6-15(12)16/h1-4,6-9,11H.